The molecule has 0 radical (unpaired) electrons. The third-order valence-corrected chi connectivity index (χ3v) is 2.20. The lowest BCUT2D eigenvalue weighted by atomic mass is 10.0. The molecule has 0 aliphatic heterocycles. The summed E-state index contributed by atoms with van der Waals surface area (Å²) in [6.45, 7) is 6.16. The van der Waals surface area contributed by atoms with Crippen molar-refractivity contribution in [3.05, 3.63) is 29.1 Å². The molecule has 14 heavy (non-hydrogen) atoms. The van der Waals surface area contributed by atoms with Crippen molar-refractivity contribution in [2.45, 2.75) is 27.2 Å². The minimum atomic E-state index is -0.284. The first-order valence-corrected chi connectivity index (χ1v) is 4.81. The molecule has 0 saturated heterocycles. The van der Waals surface area contributed by atoms with E-state index in [4.69, 9.17) is 4.74 Å². The highest BCUT2D eigenvalue weighted by Crippen LogP contribution is 2.13. The maximum atomic E-state index is 11.5. The Kier molecular flexibility index (Phi) is 3.63. The number of aryl methyl sites for hydroxylation is 1. The quantitative estimate of drug-likeness (QED) is 0.690. The lowest BCUT2D eigenvalue weighted by Gasteiger charge is -2.07. The highest BCUT2D eigenvalue weighted by atomic mass is 16.5. The van der Waals surface area contributed by atoms with E-state index in [2.05, 4.69) is 4.98 Å². The minimum absolute atomic E-state index is 0.284. The van der Waals surface area contributed by atoms with Crippen molar-refractivity contribution >= 4 is 5.97 Å². The number of carbonyl (C=O) groups excluding carboxylic acids is 1. The molecule has 0 bridgehead atoms. The molecule has 0 aliphatic rings. The number of carbonyl (C=O) groups is 1. The molecule has 76 valence electrons. The monoisotopic (exact) mass is 193 g/mol. The standard InChI is InChI=1S/C11H15NO2/c1-4-9-6-12-7-10(8(9)3)11(13)14-5-2/h6-7H,4-5H2,1-3H3. The van der Waals surface area contributed by atoms with E-state index < -0.39 is 0 Å². The second-order valence-electron chi connectivity index (χ2n) is 3.05. The topological polar surface area (TPSA) is 39.2 Å². The van der Waals surface area contributed by atoms with Crippen LogP contribution in [-0.4, -0.2) is 17.6 Å². The first-order chi connectivity index (χ1) is 6.70. The Hall–Kier alpha value is -1.38. The molecule has 0 N–H and O–H groups in total. The van der Waals surface area contributed by atoms with E-state index in [1.807, 2.05) is 13.8 Å². The summed E-state index contributed by atoms with van der Waals surface area (Å²) >= 11 is 0. The molecule has 0 saturated carbocycles. The Morgan fingerprint density at radius 1 is 1.43 bits per heavy atom. The zero-order valence-corrected chi connectivity index (χ0v) is 8.83. The average molecular weight is 193 g/mol. The predicted molar refractivity (Wildman–Crippen MR) is 54.3 cm³/mol. The Morgan fingerprint density at radius 3 is 2.71 bits per heavy atom. The van der Waals surface area contributed by atoms with Gasteiger partial charge in [0.25, 0.3) is 0 Å². The van der Waals surface area contributed by atoms with E-state index in [9.17, 15) is 4.79 Å². The first kappa shape index (κ1) is 10.7. The molecule has 3 nitrogen and oxygen atoms in total. The molecule has 0 spiro atoms. The van der Waals surface area contributed by atoms with Gasteiger partial charge in [0.05, 0.1) is 12.2 Å². The van der Waals surface area contributed by atoms with E-state index in [0.717, 1.165) is 17.5 Å². The van der Waals surface area contributed by atoms with Gasteiger partial charge in [-0.15, -0.1) is 0 Å². The smallest absolute Gasteiger partial charge is 0.339 e. The maximum Gasteiger partial charge on any atom is 0.339 e. The molecule has 0 atom stereocenters. The van der Waals surface area contributed by atoms with Gasteiger partial charge in [-0.3, -0.25) is 4.98 Å². The van der Waals surface area contributed by atoms with Crippen molar-refractivity contribution in [2.24, 2.45) is 0 Å². The second kappa shape index (κ2) is 4.74. The molecule has 0 aromatic carbocycles. The summed E-state index contributed by atoms with van der Waals surface area (Å²) in [4.78, 5) is 15.5. The summed E-state index contributed by atoms with van der Waals surface area (Å²) in [6, 6.07) is 0. The Balaban J connectivity index is 3.03. The molecule has 1 aromatic rings. The number of rotatable bonds is 3. The third-order valence-electron chi connectivity index (χ3n) is 2.20. The van der Waals surface area contributed by atoms with Gasteiger partial charge in [-0.25, -0.2) is 4.79 Å². The summed E-state index contributed by atoms with van der Waals surface area (Å²) < 4.78 is 4.93. The number of pyridine rings is 1. The Bertz CT molecular complexity index is 334. The zero-order valence-electron chi connectivity index (χ0n) is 8.83. The van der Waals surface area contributed by atoms with Gasteiger partial charge in [-0.2, -0.15) is 0 Å². The van der Waals surface area contributed by atoms with Crippen LogP contribution in [0.4, 0.5) is 0 Å². The van der Waals surface area contributed by atoms with Crippen LogP contribution in [0.2, 0.25) is 0 Å². The number of nitrogens with zero attached hydrogens (tertiary/aromatic N) is 1. The number of esters is 1. The minimum Gasteiger partial charge on any atom is -0.462 e. The van der Waals surface area contributed by atoms with Crippen molar-refractivity contribution in [3.8, 4) is 0 Å². The van der Waals surface area contributed by atoms with Gasteiger partial charge in [-0.1, -0.05) is 6.92 Å². The van der Waals surface area contributed by atoms with Gasteiger partial charge in [0.2, 0.25) is 0 Å². The lowest BCUT2D eigenvalue weighted by Crippen LogP contribution is -2.08. The molecule has 1 heterocycles. The third kappa shape index (κ3) is 2.10. The molecule has 0 aliphatic carbocycles. The fraction of sp³-hybridized carbons (Fsp3) is 0.455. The van der Waals surface area contributed by atoms with Crippen molar-refractivity contribution in [2.75, 3.05) is 6.61 Å². The van der Waals surface area contributed by atoms with Crippen molar-refractivity contribution in [1.29, 1.82) is 0 Å². The van der Waals surface area contributed by atoms with Gasteiger partial charge in [0, 0.05) is 12.4 Å². The van der Waals surface area contributed by atoms with Crippen LogP contribution < -0.4 is 0 Å². The number of hydrogen-bond donors (Lipinski definition) is 0. The highest BCUT2D eigenvalue weighted by Gasteiger charge is 2.11. The summed E-state index contributed by atoms with van der Waals surface area (Å²) in [5.41, 5.74) is 2.64. The summed E-state index contributed by atoms with van der Waals surface area (Å²) in [5.74, 6) is -0.284. The molecule has 0 fully saturated rings. The van der Waals surface area contributed by atoms with Gasteiger partial charge >= 0.3 is 5.97 Å². The normalized spacial score (nSPS) is 9.93. The van der Waals surface area contributed by atoms with Crippen LogP contribution in [0.15, 0.2) is 12.4 Å². The van der Waals surface area contributed by atoms with Crippen LogP contribution in [-0.2, 0) is 11.2 Å². The van der Waals surface area contributed by atoms with E-state index in [1.165, 1.54) is 0 Å². The lowest BCUT2D eigenvalue weighted by molar-refractivity contribution is 0.0525. The van der Waals surface area contributed by atoms with Crippen LogP contribution in [0.5, 0.6) is 0 Å². The van der Waals surface area contributed by atoms with Gasteiger partial charge in [0.1, 0.15) is 0 Å². The molecule has 1 rings (SSSR count). The maximum absolute atomic E-state index is 11.5. The molecular formula is C11H15NO2. The fourth-order valence-electron chi connectivity index (χ4n) is 1.34. The molecule has 1 aromatic heterocycles. The Morgan fingerprint density at radius 2 is 2.14 bits per heavy atom. The summed E-state index contributed by atoms with van der Waals surface area (Å²) in [7, 11) is 0. The molecule has 0 amide bonds. The van der Waals surface area contributed by atoms with Crippen molar-refractivity contribution in [1.82, 2.24) is 4.98 Å². The van der Waals surface area contributed by atoms with Gasteiger partial charge in [-0.05, 0) is 31.4 Å². The fourth-order valence-corrected chi connectivity index (χ4v) is 1.34. The molecule has 3 heteroatoms. The van der Waals surface area contributed by atoms with Crippen LogP contribution in [0.25, 0.3) is 0 Å². The summed E-state index contributed by atoms with van der Waals surface area (Å²) in [5, 5.41) is 0. The first-order valence-electron chi connectivity index (χ1n) is 4.81. The number of aromatic nitrogens is 1. The van der Waals surface area contributed by atoms with Crippen LogP contribution in [0.1, 0.15) is 35.3 Å². The van der Waals surface area contributed by atoms with Crippen LogP contribution in [0, 0.1) is 6.92 Å². The van der Waals surface area contributed by atoms with Crippen molar-refractivity contribution in [3.63, 3.8) is 0 Å². The molecular weight excluding hydrogens is 178 g/mol. The van der Waals surface area contributed by atoms with E-state index in [1.54, 1.807) is 19.3 Å². The second-order valence-corrected chi connectivity index (χ2v) is 3.05. The van der Waals surface area contributed by atoms with E-state index in [0.29, 0.717) is 12.2 Å². The number of hydrogen-bond acceptors (Lipinski definition) is 3. The van der Waals surface area contributed by atoms with Crippen LogP contribution >= 0.6 is 0 Å². The van der Waals surface area contributed by atoms with Gasteiger partial charge in [0.15, 0.2) is 0 Å². The summed E-state index contributed by atoms with van der Waals surface area (Å²) in [6.07, 6.45) is 4.23. The number of ether oxygens (including phenoxy) is 1. The predicted octanol–water partition coefficient (Wildman–Crippen LogP) is 2.13. The average Bonchev–Trinajstić information content (AvgIpc) is 2.18. The van der Waals surface area contributed by atoms with E-state index >= 15 is 0 Å². The van der Waals surface area contributed by atoms with Crippen molar-refractivity contribution < 1.29 is 9.53 Å². The highest BCUT2D eigenvalue weighted by molar-refractivity contribution is 5.90. The SMILES string of the molecule is CCOC(=O)c1cncc(CC)c1C. The van der Waals surface area contributed by atoms with Gasteiger partial charge < -0.3 is 4.74 Å². The Labute approximate surface area is 84.1 Å². The largest absolute Gasteiger partial charge is 0.462 e. The van der Waals surface area contributed by atoms with Crippen LogP contribution in [0.3, 0.4) is 0 Å². The zero-order chi connectivity index (χ0) is 10.6. The van der Waals surface area contributed by atoms with E-state index in [-0.39, 0.29) is 5.97 Å². The molecule has 0 unspecified atom stereocenters.